The van der Waals surface area contributed by atoms with Crippen LogP contribution in [0.2, 0.25) is 0 Å². The Labute approximate surface area is 201 Å². The highest BCUT2D eigenvalue weighted by Gasteiger charge is 2.15. The zero-order valence-electron chi connectivity index (χ0n) is 17.3. The molecule has 0 saturated heterocycles. The number of aromatic hydroxyl groups is 1. The molecule has 0 saturated carbocycles. The molecule has 2 aromatic heterocycles. The summed E-state index contributed by atoms with van der Waals surface area (Å²) in [6.45, 7) is 4.67. The average molecular weight is 527 g/mol. The van der Waals surface area contributed by atoms with Crippen LogP contribution in [-0.2, 0) is 17.9 Å². The Bertz CT molecular complexity index is 1330. The monoisotopic (exact) mass is 526 g/mol. The van der Waals surface area contributed by atoms with Gasteiger partial charge in [0.1, 0.15) is 17.8 Å². The van der Waals surface area contributed by atoms with Crippen LogP contribution in [0.5, 0.6) is 5.75 Å². The van der Waals surface area contributed by atoms with Gasteiger partial charge in [-0.3, -0.25) is 4.79 Å². The number of nitrogens with one attached hydrogen (secondary N) is 1. The molecule has 0 unspecified atom stereocenters. The third-order valence-electron chi connectivity index (χ3n) is 4.53. The lowest BCUT2D eigenvalue weighted by molar-refractivity contribution is -0.118. The summed E-state index contributed by atoms with van der Waals surface area (Å²) in [6, 6.07) is 12.6. The van der Waals surface area contributed by atoms with Crippen LogP contribution < -0.4 is 5.43 Å². The molecule has 0 radical (unpaired) electrons. The fraction of sp³-hybridized carbons (Fsp3) is 0.143. The van der Waals surface area contributed by atoms with Crippen LogP contribution in [0.1, 0.15) is 11.4 Å². The van der Waals surface area contributed by atoms with Crippen molar-refractivity contribution in [3.63, 3.8) is 0 Å². The zero-order chi connectivity index (χ0) is 23.2. The second kappa shape index (κ2) is 10.4. The molecule has 0 aliphatic heterocycles. The van der Waals surface area contributed by atoms with Gasteiger partial charge in [-0.15, -0.1) is 21.9 Å². The van der Waals surface area contributed by atoms with E-state index in [1.54, 1.807) is 22.9 Å². The highest BCUT2D eigenvalue weighted by Crippen LogP contribution is 2.20. The van der Waals surface area contributed by atoms with Crippen LogP contribution in [0.4, 0.5) is 0 Å². The van der Waals surface area contributed by atoms with E-state index in [0.29, 0.717) is 29.6 Å². The number of amides is 1. The first-order chi connectivity index (χ1) is 16.0. The fourth-order valence-corrected chi connectivity index (χ4v) is 4.13. The summed E-state index contributed by atoms with van der Waals surface area (Å²) in [5.74, 6) is 0.513. The molecule has 2 aromatic carbocycles. The van der Waals surface area contributed by atoms with E-state index >= 15 is 0 Å². The Balaban J connectivity index is 1.40. The van der Waals surface area contributed by atoms with Crippen molar-refractivity contribution in [3.8, 4) is 5.75 Å². The molecule has 2 N–H and O–H groups in total. The second-order valence-corrected chi connectivity index (χ2v) is 8.68. The van der Waals surface area contributed by atoms with Gasteiger partial charge >= 0.3 is 0 Å². The molecule has 0 fully saturated rings. The van der Waals surface area contributed by atoms with Crippen molar-refractivity contribution in [3.05, 3.63) is 71.0 Å². The van der Waals surface area contributed by atoms with E-state index in [-0.39, 0.29) is 17.4 Å². The molecule has 33 heavy (non-hydrogen) atoms. The number of carbonyl (C=O) groups excluding carboxylic acids is 1. The van der Waals surface area contributed by atoms with Crippen LogP contribution in [0, 0.1) is 0 Å². The number of halogens is 1. The number of phenolic OH excluding ortho intramolecular Hbond substituents is 1. The molecule has 0 spiro atoms. The molecule has 4 rings (SSSR count). The lowest BCUT2D eigenvalue weighted by Gasteiger charge is -2.07. The van der Waals surface area contributed by atoms with Crippen molar-refractivity contribution in [1.29, 1.82) is 0 Å². The molecule has 0 bridgehead atoms. The van der Waals surface area contributed by atoms with Gasteiger partial charge in [0.2, 0.25) is 0 Å². The van der Waals surface area contributed by atoms with Gasteiger partial charge in [0, 0.05) is 16.6 Å². The summed E-state index contributed by atoms with van der Waals surface area (Å²) in [4.78, 5) is 12.2. The van der Waals surface area contributed by atoms with Crippen molar-refractivity contribution in [1.82, 2.24) is 35.2 Å². The predicted molar refractivity (Wildman–Crippen MR) is 129 cm³/mol. The summed E-state index contributed by atoms with van der Waals surface area (Å²) >= 11 is 4.56. The first-order valence-electron chi connectivity index (χ1n) is 9.79. The standard InChI is InChI=1S/C21H19BrN8O2S/c1-2-9-29-19(12-30-17-6-4-3-5-16(17)24-28-30)25-27-21(29)33-13-20(32)26-23-11-14-10-15(22)7-8-18(14)31/h2-8,10-11,31H,1,9,12-13H2,(H,26,32). The first-order valence-corrected chi connectivity index (χ1v) is 11.6. The molecule has 168 valence electrons. The van der Waals surface area contributed by atoms with Crippen LogP contribution in [0.25, 0.3) is 11.0 Å². The molecule has 4 aromatic rings. The van der Waals surface area contributed by atoms with Crippen LogP contribution in [0.3, 0.4) is 0 Å². The normalized spacial score (nSPS) is 11.3. The lowest BCUT2D eigenvalue weighted by Crippen LogP contribution is -2.20. The van der Waals surface area contributed by atoms with E-state index in [0.717, 1.165) is 15.5 Å². The maximum Gasteiger partial charge on any atom is 0.250 e. The Morgan fingerprint density at radius 1 is 1.24 bits per heavy atom. The van der Waals surface area contributed by atoms with E-state index in [1.807, 2.05) is 28.8 Å². The predicted octanol–water partition coefficient (Wildman–Crippen LogP) is 2.97. The first kappa shape index (κ1) is 22.7. The summed E-state index contributed by atoms with van der Waals surface area (Å²) in [6.07, 6.45) is 3.12. The van der Waals surface area contributed by atoms with E-state index in [9.17, 15) is 9.90 Å². The summed E-state index contributed by atoms with van der Waals surface area (Å²) < 4.78 is 4.43. The van der Waals surface area contributed by atoms with Crippen LogP contribution >= 0.6 is 27.7 Å². The molecular formula is C21H19BrN8O2S. The molecule has 0 atom stereocenters. The van der Waals surface area contributed by atoms with Gasteiger partial charge in [-0.1, -0.05) is 51.1 Å². The Morgan fingerprint density at radius 2 is 2.09 bits per heavy atom. The third-order valence-corrected chi connectivity index (χ3v) is 5.99. The minimum atomic E-state index is -0.317. The van der Waals surface area contributed by atoms with Crippen molar-refractivity contribution in [2.45, 2.75) is 18.2 Å². The molecule has 0 aliphatic rings. The summed E-state index contributed by atoms with van der Waals surface area (Å²) in [5.41, 5.74) is 4.62. The number of carbonyl (C=O) groups is 1. The topological polar surface area (TPSA) is 123 Å². The third kappa shape index (κ3) is 5.46. The highest BCUT2D eigenvalue weighted by molar-refractivity contribution is 9.10. The molecular weight excluding hydrogens is 508 g/mol. The van der Waals surface area contributed by atoms with Gasteiger partial charge < -0.3 is 9.67 Å². The number of hydrazone groups is 1. The van der Waals surface area contributed by atoms with Crippen LogP contribution in [0.15, 0.2) is 69.9 Å². The van der Waals surface area contributed by atoms with Crippen LogP contribution in [-0.4, -0.2) is 52.7 Å². The number of phenols is 1. The fourth-order valence-electron chi connectivity index (χ4n) is 2.99. The Kier molecular flexibility index (Phi) is 7.15. The van der Waals surface area contributed by atoms with Gasteiger partial charge in [-0.2, -0.15) is 5.10 Å². The van der Waals surface area contributed by atoms with Crippen molar-refractivity contribution in [2.75, 3.05) is 5.75 Å². The van der Waals surface area contributed by atoms with Gasteiger partial charge in [0.15, 0.2) is 11.0 Å². The SMILES string of the molecule is C=CCn1c(Cn2nnc3ccccc32)nnc1SCC(=O)NN=Cc1cc(Br)ccc1O. The minimum absolute atomic E-state index is 0.0655. The number of allylic oxidation sites excluding steroid dienone is 1. The summed E-state index contributed by atoms with van der Waals surface area (Å²) in [5, 5.41) is 31.2. The Morgan fingerprint density at radius 3 is 2.94 bits per heavy atom. The van der Waals surface area contributed by atoms with Gasteiger partial charge in [0.05, 0.1) is 17.5 Å². The number of rotatable bonds is 9. The smallest absolute Gasteiger partial charge is 0.250 e. The van der Waals surface area contributed by atoms with Gasteiger partial charge in [-0.25, -0.2) is 10.1 Å². The lowest BCUT2D eigenvalue weighted by atomic mass is 10.2. The zero-order valence-corrected chi connectivity index (χ0v) is 19.7. The quantitative estimate of drug-likeness (QED) is 0.149. The maximum atomic E-state index is 12.2. The van der Waals surface area contributed by atoms with E-state index in [4.69, 9.17) is 0 Å². The molecule has 0 aliphatic carbocycles. The molecule has 1 amide bonds. The van der Waals surface area contributed by atoms with Crippen molar-refractivity contribution < 1.29 is 9.90 Å². The van der Waals surface area contributed by atoms with Gasteiger partial charge in [0.25, 0.3) is 5.91 Å². The largest absolute Gasteiger partial charge is 0.507 e. The van der Waals surface area contributed by atoms with Crippen molar-refractivity contribution in [2.24, 2.45) is 5.10 Å². The number of thioether (sulfide) groups is 1. The average Bonchev–Trinajstić information content (AvgIpc) is 3.39. The number of benzene rings is 2. The van der Waals surface area contributed by atoms with E-state index in [1.165, 1.54) is 24.0 Å². The number of para-hydroxylation sites is 1. The summed E-state index contributed by atoms with van der Waals surface area (Å²) in [7, 11) is 0. The molecule has 10 nitrogen and oxygen atoms in total. The second-order valence-electron chi connectivity index (χ2n) is 6.82. The molecule has 12 heteroatoms. The Hall–Kier alpha value is -3.51. The minimum Gasteiger partial charge on any atom is -0.507 e. The number of hydrogen-bond acceptors (Lipinski definition) is 8. The van der Waals surface area contributed by atoms with E-state index < -0.39 is 0 Å². The maximum absolute atomic E-state index is 12.2. The highest BCUT2D eigenvalue weighted by atomic mass is 79.9. The number of nitrogens with zero attached hydrogens (tertiary/aromatic N) is 7. The number of aromatic nitrogens is 6. The molecule has 2 heterocycles. The van der Waals surface area contributed by atoms with Gasteiger partial charge in [-0.05, 0) is 30.3 Å². The van der Waals surface area contributed by atoms with Crippen molar-refractivity contribution >= 4 is 50.8 Å². The van der Waals surface area contributed by atoms with E-state index in [2.05, 4.69) is 53.5 Å². The number of fused-ring (bicyclic) bond motifs is 1. The number of hydrogen-bond donors (Lipinski definition) is 2.